The number of hydrogen-bond donors (Lipinski definition) is 1. The molecule has 6 amide bonds. The molecule has 91 heavy (non-hydrogen) atoms. The zero-order valence-corrected chi connectivity index (χ0v) is 50.9. The fourth-order valence-electron chi connectivity index (χ4n) is 8.97. The topological polar surface area (TPSA) is 215 Å². The lowest BCUT2D eigenvalue weighted by Gasteiger charge is -2.33. The van der Waals surface area contributed by atoms with Gasteiger partial charge in [0, 0.05) is 39.3 Å². The second kappa shape index (κ2) is 40.0. The van der Waals surface area contributed by atoms with Crippen LogP contribution < -0.4 is 0 Å². The molecular formula is C68H79F3N6O14. The number of hydrogen-bond acceptors (Lipinski definition) is 13. The molecule has 1 aliphatic heterocycles. The number of halogens is 3. The van der Waals surface area contributed by atoms with E-state index in [1.54, 1.807) is 0 Å². The Morgan fingerprint density at radius 2 is 0.429 bits per heavy atom. The van der Waals surface area contributed by atoms with Crippen LogP contribution in [-0.2, 0) is 102 Å². The van der Waals surface area contributed by atoms with E-state index in [1.807, 2.05) is 182 Å². The first kappa shape index (κ1) is 71.2. The lowest BCUT2D eigenvalue weighted by molar-refractivity contribution is -0.192. The Bertz CT molecular complexity index is 2600. The van der Waals surface area contributed by atoms with Crippen molar-refractivity contribution in [3.63, 3.8) is 0 Å². The summed E-state index contributed by atoms with van der Waals surface area (Å²) in [7, 11) is 0. The molecule has 0 bridgehead atoms. The van der Waals surface area contributed by atoms with Crippen molar-refractivity contribution in [2.75, 3.05) is 118 Å². The molecule has 1 heterocycles. The second-order valence-corrected chi connectivity index (χ2v) is 20.9. The molecule has 1 saturated heterocycles. The van der Waals surface area contributed by atoms with Crippen LogP contribution in [0.3, 0.4) is 0 Å². The molecule has 6 aromatic carbocycles. The van der Waals surface area contributed by atoms with Crippen molar-refractivity contribution >= 4 is 41.4 Å². The van der Waals surface area contributed by atoms with Crippen molar-refractivity contribution in [3.05, 3.63) is 215 Å². The molecule has 23 heteroatoms. The fourth-order valence-corrected chi connectivity index (χ4v) is 8.97. The van der Waals surface area contributed by atoms with Crippen molar-refractivity contribution in [2.45, 2.75) is 45.8 Å². The minimum absolute atomic E-state index is 0.0269. The number of aliphatic carboxylic acids is 1. The van der Waals surface area contributed by atoms with Crippen molar-refractivity contribution in [1.29, 1.82) is 0 Å². The molecule has 486 valence electrons. The van der Waals surface area contributed by atoms with Crippen molar-refractivity contribution in [1.82, 2.24) is 29.4 Å². The van der Waals surface area contributed by atoms with E-state index in [-0.39, 0.29) is 119 Å². The van der Waals surface area contributed by atoms with Crippen LogP contribution in [0.2, 0.25) is 0 Å². The maximum absolute atomic E-state index is 14.9. The van der Waals surface area contributed by atoms with Gasteiger partial charge in [0.2, 0.25) is 35.4 Å². The van der Waals surface area contributed by atoms with Crippen LogP contribution in [0.5, 0.6) is 0 Å². The minimum Gasteiger partial charge on any atom is -0.475 e. The first-order valence-electron chi connectivity index (χ1n) is 29.8. The third kappa shape index (κ3) is 27.8. The van der Waals surface area contributed by atoms with Gasteiger partial charge in [-0.3, -0.25) is 28.8 Å². The number of carbonyl (C=O) groups excluding carboxylic acids is 6. The van der Waals surface area contributed by atoms with Gasteiger partial charge in [-0.25, -0.2) is 4.79 Å². The highest BCUT2D eigenvalue weighted by molar-refractivity contribution is 5.94. The number of carboxylic acids is 1. The molecule has 1 N–H and O–H groups in total. The van der Waals surface area contributed by atoms with Crippen molar-refractivity contribution in [3.8, 4) is 0 Å². The number of alkyl halides is 3. The highest BCUT2D eigenvalue weighted by Gasteiger charge is 2.38. The van der Waals surface area contributed by atoms with Gasteiger partial charge >= 0.3 is 12.1 Å². The quantitative estimate of drug-likeness (QED) is 0.0454. The summed E-state index contributed by atoms with van der Waals surface area (Å²) in [5.41, 5.74) is 5.44. The molecule has 0 spiro atoms. The Balaban J connectivity index is 0.00000177. The maximum Gasteiger partial charge on any atom is 0.490 e. The van der Waals surface area contributed by atoms with Crippen LogP contribution in [0.15, 0.2) is 182 Å². The molecule has 0 aliphatic carbocycles. The molecule has 0 unspecified atom stereocenters. The van der Waals surface area contributed by atoms with Gasteiger partial charge in [-0.15, -0.1) is 0 Å². The van der Waals surface area contributed by atoms with E-state index in [0.29, 0.717) is 0 Å². The highest BCUT2D eigenvalue weighted by Crippen LogP contribution is 2.14. The lowest BCUT2D eigenvalue weighted by atomic mass is 10.2. The first-order chi connectivity index (χ1) is 44.1. The summed E-state index contributed by atoms with van der Waals surface area (Å²) in [6.45, 7) is -1.70. The fraction of sp³-hybridized carbons (Fsp3) is 0.368. The molecule has 1 fully saturated rings. The Morgan fingerprint density at radius 3 is 0.549 bits per heavy atom. The standard InChI is InChI=1S/C66H78N6O12.C2HF3O2/c73-61-44-68(32-38-80-50-56-21-9-2-10-22-56)63(75)46-70(34-40-82-52-58-25-13-4-14-26-58)65(77)48-72(36-42-84-54-60-29-17-6-18-30-60)66(78)47-71(35-41-83-53-59-27-15-5-16-28-59)64(76)45-69(33-39-81-51-57-23-11-3-12-24-57)62(74)43-67(61)31-37-79-49-55-19-7-1-8-20-55;3-2(4,5)1(6)7/h1-30H,31-54H2;(H,6,7). The average molecular weight is 1260 g/mol. The van der Waals surface area contributed by atoms with Gasteiger partial charge < -0.3 is 62.9 Å². The Labute approximate surface area is 528 Å². The van der Waals surface area contributed by atoms with E-state index in [0.717, 1.165) is 33.4 Å². The molecule has 6 aromatic rings. The van der Waals surface area contributed by atoms with Crippen molar-refractivity contribution < 1.29 is 80.3 Å². The number of benzene rings is 6. The van der Waals surface area contributed by atoms with E-state index < -0.39 is 86.9 Å². The lowest BCUT2D eigenvalue weighted by Crippen LogP contribution is -2.55. The van der Waals surface area contributed by atoms with Gasteiger partial charge in [-0.2, -0.15) is 13.2 Å². The number of amides is 6. The molecule has 0 saturated carbocycles. The normalized spacial score (nSPS) is 14.3. The van der Waals surface area contributed by atoms with Crippen LogP contribution in [0.4, 0.5) is 13.2 Å². The van der Waals surface area contributed by atoms with E-state index in [9.17, 15) is 41.9 Å². The monoisotopic (exact) mass is 1260 g/mol. The zero-order chi connectivity index (χ0) is 64.9. The van der Waals surface area contributed by atoms with Crippen LogP contribution in [0, 0.1) is 0 Å². The molecule has 1 aliphatic rings. The summed E-state index contributed by atoms with van der Waals surface area (Å²) >= 11 is 0. The van der Waals surface area contributed by atoms with Crippen LogP contribution in [0.1, 0.15) is 33.4 Å². The molecule has 7 rings (SSSR count). The molecule has 0 aromatic heterocycles. The Kier molecular flexibility index (Phi) is 31.3. The van der Waals surface area contributed by atoms with E-state index in [4.69, 9.17) is 38.3 Å². The maximum atomic E-state index is 14.9. The first-order valence-corrected chi connectivity index (χ1v) is 29.8. The van der Waals surface area contributed by atoms with E-state index >= 15 is 0 Å². The van der Waals surface area contributed by atoms with Crippen LogP contribution in [-0.4, -0.2) is 200 Å². The summed E-state index contributed by atoms with van der Waals surface area (Å²) < 4.78 is 68.1. The van der Waals surface area contributed by atoms with Crippen molar-refractivity contribution in [2.24, 2.45) is 0 Å². The third-order valence-corrected chi connectivity index (χ3v) is 14.0. The minimum atomic E-state index is -5.08. The number of carbonyl (C=O) groups is 7. The van der Waals surface area contributed by atoms with Gasteiger partial charge in [0.15, 0.2) is 0 Å². The van der Waals surface area contributed by atoms with Gasteiger partial charge in [-0.05, 0) is 33.4 Å². The van der Waals surface area contributed by atoms with Gasteiger partial charge in [0.25, 0.3) is 0 Å². The predicted molar refractivity (Wildman–Crippen MR) is 330 cm³/mol. The molecule has 0 atom stereocenters. The molecule has 20 nitrogen and oxygen atoms in total. The number of nitrogens with zero attached hydrogens (tertiary/aromatic N) is 6. The number of ether oxygens (including phenoxy) is 6. The number of carboxylic acid groups (broad SMARTS) is 1. The summed E-state index contributed by atoms with van der Waals surface area (Å²) in [5, 5.41) is 7.12. The van der Waals surface area contributed by atoms with Gasteiger partial charge in [-0.1, -0.05) is 182 Å². The summed E-state index contributed by atoms with van der Waals surface area (Å²) in [4.78, 5) is 106. The summed E-state index contributed by atoms with van der Waals surface area (Å²) in [6, 6.07) is 57.1. The number of rotatable bonds is 30. The smallest absolute Gasteiger partial charge is 0.475 e. The predicted octanol–water partition coefficient (Wildman–Crippen LogP) is 6.91. The summed E-state index contributed by atoms with van der Waals surface area (Å²) in [6.07, 6.45) is -5.08. The second-order valence-electron chi connectivity index (χ2n) is 20.9. The van der Waals surface area contributed by atoms with Crippen LogP contribution in [0.25, 0.3) is 0 Å². The largest absolute Gasteiger partial charge is 0.490 e. The van der Waals surface area contributed by atoms with Gasteiger partial charge in [0.1, 0.15) is 0 Å². The Hall–Kier alpha value is -8.84. The van der Waals surface area contributed by atoms with Crippen LogP contribution >= 0.6 is 0 Å². The summed E-state index contributed by atoms with van der Waals surface area (Å²) in [5.74, 6) is -6.23. The SMILES string of the molecule is O=C(O)C(F)(F)F.O=C1CN(CCOCc2ccccc2)C(=O)CN(CCOCc2ccccc2)C(=O)CN(CCOCc2ccccc2)C(=O)CN(CCOCc2ccccc2)C(=O)CN(CCOCc2ccccc2)C(=O)CN1CCOCc1ccccc1. The van der Waals surface area contributed by atoms with E-state index in [1.165, 1.54) is 29.4 Å². The average Bonchev–Trinajstić information content (AvgIpc) is 2.35. The van der Waals surface area contributed by atoms with E-state index in [2.05, 4.69) is 0 Å². The zero-order valence-electron chi connectivity index (χ0n) is 50.9. The molecular weight excluding hydrogens is 1180 g/mol. The third-order valence-electron chi connectivity index (χ3n) is 14.0. The Morgan fingerprint density at radius 1 is 0.297 bits per heavy atom. The highest BCUT2D eigenvalue weighted by atomic mass is 19.4. The van der Waals surface area contributed by atoms with Gasteiger partial charge in [0.05, 0.1) is 119 Å². The molecule has 0 radical (unpaired) electrons.